The van der Waals surface area contributed by atoms with E-state index in [9.17, 15) is 0 Å². The summed E-state index contributed by atoms with van der Waals surface area (Å²) in [6.07, 6.45) is 2.19. The predicted octanol–water partition coefficient (Wildman–Crippen LogP) is 1.30. The summed E-state index contributed by atoms with van der Waals surface area (Å²) >= 11 is 11.7. The smallest absolute Gasteiger partial charge is 0.137 e. The van der Waals surface area contributed by atoms with Gasteiger partial charge in [0.2, 0.25) is 0 Å². The largest absolute Gasteiger partial charge is 0.311 e. The topological polar surface area (TPSA) is 47.7 Å². The summed E-state index contributed by atoms with van der Waals surface area (Å²) < 4.78 is 0. The normalized spacial score (nSPS) is 21.0. The summed E-state index contributed by atoms with van der Waals surface area (Å²) in [7, 11) is 0. The maximum absolute atomic E-state index is 5.84. The summed E-state index contributed by atoms with van der Waals surface area (Å²) in [5.74, 6) is 0. The monoisotopic (exact) mass is 203 g/mol. The van der Waals surface area contributed by atoms with E-state index in [4.69, 9.17) is 23.2 Å². The fourth-order valence-corrected chi connectivity index (χ4v) is 1.48. The van der Waals surface area contributed by atoms with Gasteiger partial charge in [0.15, 0.2) is 0 Å². The van der Waals surface area contributed by atoms with E-state index in [1.54, 1.807) is 0 Å². The molecule has 1 saturated heterocycles. The van der Waals surface area contributed by atoms with Gasteiger partial charge in [-0.25, -0.2) is 9.97 Å². The van der Waals surface area contributed by atoms with Crippen molar-refractivity contribution >= 4 is 23.2 Å². The van der Waals surface area contributed by atoms with Crippen LogP contribution in [0.15, 0.2) is 6.33 Å². The van der Waals surface area contributed by atoms with Crippen LogP contribution in [0.5, 0.6) is 0 Å². The van der Waals surface area contributed by atoms with E-state index in [-0.39, 0.29) is 0 Å². The van der Waals surface area contributed by atoms with Crippen molar-refractivity contribution in [3.63, 3.8) is 0 Å². The Morgan fingerprint density at radius 3 is 2.50 bits per heavy atom. The van der Waals surface area contributed by atoms with Gasteiger partial charge in [0.25, 0.3) is 0 Å². The molecule has 1 aromatic rings. The van der Waals surface area contributed by atoms with Gasteiger partial charge in [-0.05, 0) is 6.42 Å². The lowest BCUT2D eigenvalue weighted by Crippen LogP contribution is -2.00. The first-order valence-electron chi connectivity index (χ1n) is 3.65. The number of halogens is 2. The highest BCUT2D eigenvalue weighted by Gasteiger charge is 2.23. The molecule has 3 nitrogen and oxygen atoms in total. The standard InChI is InChI=1S/C7H7Cl2N3/c8-6-5(1-4-2-10-4)7(9)12-3-11-6/h3-4,10H,1-2H2. The van der Waals surface area contributed by atoms with Crippen molar-refractivity contribution in [2.45, 2.75) is 12.5 Å². The van der Waals surface area contributed by atoms with Gasteiger partial charge in [-0.2, -0.15) is 0 Å². The number of rotatable bonds is 2. The van der Waals surface area contributed by atoms with E-state index < -0.39 is 0 Å². The molecule has 5 heteroatoms. The van der Waals surface area contributed by atoms with E-state index >= 15 is 0 Å². The molecule has 0 amide bonds. The van der Waals surface area contributed by atoms with Crippen molar-refractivity contribution in [1.29, 1.82) is 0 Å². The summed E-state index contributed by atoms with van der Waals surface area (Å²) in [5.41, 5.74) is 0.843. The zero-order valence-corrected chi connectivity index (χ0v) is 7.73. The number of nitrogens with zero attached hydrogens (tertiary/aromatic N) is 2. The molecule has 2 heterocycles. The van der Waals surface area contributed by atoms with E-state index in [2.05, 4.69) is 15.3 Å². The van der Waals surface area contributed by atoms with Crippen LogP contribution in [0, 0.1) is 0 Å². The minimum atomic E-state index is 0.462. The van der Waals surface area contributed by atoms with Crippen LogP contribution in [-0.4, -0.2) is 22.6 Å². The zero-order chi connectivity index (χ0) is 8.55. The molecule has 1 N–H and O–H groups in total. The third-order valence-electron chi connectivity index (χ3n) is 1.78. The highest BCUT2D eigenvalue weighted by molar-refractivity contribution is 6.34. The SMILES string of the molecule is Clc1ncnc(Cl)c1CC1CN1. The van der Waals surface area contributed by atoms with Crippen LogP contribution in [0.3, 0.4) is 0 Å². The first-order chi connectivity index (χ1) is 5.77. The molecule has 1 unspecified atom stereocenters. The molecule has 1 aliphatic rings. The Morgan fingerprint density at radius 1 is 1.42 bits per heavy atom. The minimum Gasteiger partial charge on any atom is -0.311 e. The molecule has 0 saturated carbocycles. The molecule has 0 spiro atoms. The molecule has 0 aromatic carbocycles. The van der Waals surface area contributed by atoms with Crippen LogP contribution in [0.2, 0.25) is 10.3 Å². The second-order valence-electron chi connectivity index (χ2n) is 2.74. The van der Waals surface area contributed by atoms with Gasteiger partial charge in [-0.3, -0.25) is 0 Å². The van der Waals surface area contributed by atoms with Gasteiger partial charge in [-0.1, -0.05) is 23.2 Å². The van der Waals surface area contributed by atoms with Crippen LogP contribution in [0.4, 0.5) is 0 Å². The molecule has 1 aliphatic heterocycles. The lowest BCUT2D eigenvalue weighted by Gasteiger charge is -2.01. The summed E-state index contributed by atoms with van der Waals surface area (Å²) in [4.78, 5) is 7.73. The minimum absolute atomic E-state index is 0.462. The first kappa shape index (κ1) is 8.23. The molecule has 0 radical (unpaired) electrons. The average molecular weight is 204 g/mol. The van der Waals surface area contributed by atoms with Crippen molar-refractivity contribution in [2.75, 3.05) is 6.54 Å². The number of aromatic nitrogens is 2. The Kier molecular flexibility index (Phi) is 2.17. The van der Waals surface area contributed by atoms with E-state index in [0.29, 0.717) is 16.3 Å². The second-order valence-corrected chi connectivity index (χ2v) is 3.46. The number of hydrogen-bond donors (Lipinski definition) is 1. The maximum Gasteiger partial charge on any atom is 0.137 e. The van der Waals surface area contributed by atoms with Crippen LogP contribution in [0.1, 0.15) is 5.56 Å². The highest BCUT2D eigenvalue weighted by atomic mass is 35.5. The molecule has 64 valence electrons. The van der Waals surface area contributed by atoms with Crippen molar-refractivity contribution in [3.05, 3.63) is 22.2 Å². The lowest BCUT2D eigenvalue weighted by atomic mass is 10.2. The molecule has 0 aliphatic carbocycles. The van der Waals surface area contributed by atoms with Gasteiger partial charge < -0.3 is 5.32 Å². The fraction of sp³-hybridized carbons (Fsp3) is 0.429. The van der Waals surface area contributed by atoms with Gasteiger partial charge in [0, 0.05) is 18.2 Å². The molecule has 1 fully saturated rings. The predicted molar refractivity (Wildman–Crippen MR) is 47.5 cm³/mol. The van der Waals surface area contributed by atoms with Crippen molar-refractivity contribution in [1.82, 2.24) is 15.3 Å². The number of nitrogens with one attached hydrogen (secondary N) is 1. The van der Waals surface area contributed by atoms with Gasteiger partial charge in [0.1, 0.15) is 16.6 Å². The van der Waals surface area contributed by atoms with Crippen LogP contribution >= 0.6 is 23.2 Å². The third kappa shape index (κ3) is 1.68. The quantitative estimate of drug-likeness (QED) is 0.583. The lowest BCUT2D eigenvalue weighted by molar-refractivity contribution is 0.908. The highest BCUT2D eigenvalue weighted by Crippen LogP contribution is 2.22. The summed E-state index contributed by atoms with van der Waals surface area (Å²) in [6, 6.07) is 0.506. The maximum atomic E-state index is 5.84. The van der Waals surface area contributed by atoms with Gasteiger partial charge in [0.05, 0.1) is 0 Å². The summed E-state index contributed by atoms with van der Waals surface area (Å²) in [5, 5.41) is 4.09. The molecule has 12 heavy (non-hydrogen) atoms. The van der Waals surface area contributed by atoms with Gasteiger partial charge >= 0.3 is 0 Å². The fourth-order valence-electron chi connectivity index (χ4n) is 1.01. The average Bonchev–Trinajstić information content (AvgIpc) is 2.80. The number of hydrogen-bond acceptors (Lipinski definition) is 3. The van der Waals surface area contributed by atoms with Gasteiger partial charge in [-0.15, -0.1) is 0 Å². The Morgan fingerprint density at radius 2 is 2.00 bits per heavy atom. The Balaban J connectivity index is 2.26. The molecule has 1 aromatic heterocycles. The van der Waals surface area contributed by atoms with Crippen molar-refractivity contribution in [2.24, 2.45) is 0 Å². The van der Waals surface area contributed by atoms with Crippen molar-refractivity contribution in [3.8, 4) is 0 Å². The van der Waals surface area contributed by atoms with E-state index in [1.165, 1.54) is 6.33 Å². The Bertz CT molecular complexity index is 278. The summed E-state index contributed by atoms with van der Waals surface area (Å²) in [6.45, 7) is 1.03. The third-order valence-corrected chi connectivity index (χ3v) is 2.43. The van der Waals surface area contributed by atoms with Crippen molar-refractivity contribution < 1.29 is 0 Å². The molecular weight excluding hydrogens is 197 g/mol. The van der Waals surface area contributed by atoms with Crippen LogP contribution in [-0.2, 0) is 6.42 Å². The van der Waals surface area contributed by atoms with E-state index in [1.807, 2.05) is 0 Å². The second kappa shape index (κ2) is 3.17. The Hall–Kier alpha value is -0.380. The van der Waals surface area contributed by atoms with Crippen LogP contribution < -0.4 is 5.32 Å². The zero-order valence-electron chi connectivity index (χ0n) is 6.22. The first-order valence-corrected chi connectivity index (χ1v) is 4.41. The molecule has 1 atom stereocenters. The molecule has 0 bridgehead atoms. The van der Waals surface area contributed by atoms with E-state index in [0.717, 1.165) is 18.5 Å². The molecule has 2 rings (SSSR count). The molecular formula is C7H7Cl2N3. The Labute approximate surface area is 80.1 Å². The van der Waals surface area contributed by atoms with Crippen LogP contribution in [0.25, 0.3) is 0 Å².